The minimum atomic E-state index is -1.09. The molecule has 0 aliphatic carbocycles. The van der Waals surface area contributed by atoms with Crippen molar-refractivity contribution in [2.45, 2.75) is 12.1 Å². The molecular formula is C14H12F4N2. The summed E-state index contributed by atoms with van der Waals surface area (Å²) in [6, 6.07) is 3.53. The molecule has 0 radical (unpaired) electrons. The van der Waals surface area contributed by atoms with Crippen molar-refractivity contribution in [3.05, 3.63) is 70.8 Å². The topological polar surface area (TPSA) is 52.0 Å². The quantitative estimate of drug-likeness (QED) is 0.851. The molecule has 2 atom stereocenters. The highest BCUT2D eigenvalue weighted by atomic mass is 19.1. The molecule has 0 fully saturated rings. The Morgan fingerprint density at radius 1 is 0.650 bits per heavy atom. The van der Waals surface area contributed by atoms with Crippen molar-refractivity contribution < 1.29 is 17.6 Å². The number of rotatable bonds is 3. The molecule has 0 saturated heterocycles. The van der Waals surface area contributed by atoms with Gasteiger partial charge in [0, 0.05) is 23.3 Å². The van der Waals surface area contributed by atoms with Crippen LogP contribution < -0.4 is 11.5 Å². The van der Waals surface area contributed by atoms with E-state index in [-0.39, 0.29) is 11.1 Å². The minimum Gasteiger partial charge on any atom is -0.322 e. The monoisotopic (exact) mass is 284 g/mol. The molecule has 2 aromatic carbocycles. The van der Waals surface area contributed by atoms with Crippen LogP contribution in [0, 0.1) is 23.3 Å². The molecular weight excluding hydrogens is 272 g/mol. The summed E-state index contributed by atoms with van der Waals surface area (Å²) in [5.74, 6) is -3.23. The number of nitrogens with two attached hydrogens (primary N) is 2. The van der Waals surface area contributed by atoms with E-state index in [1.807, 2.05) is 0 Å². The Kier molecular flexibility index (Phi) is 4.06. The van der Waals surface area contributed by atoms with Gasteiger partial charge in [-0.15, -0.1) is 0 Å². The molecule has 4 N–H and O–H groups in total. The van der Waals surface area contributed by atoms with Gasteiger partial charge in [-0.2, -0.15) is 0 Å². The summed E-state index contributed by atoms with van der Waals surface area (Å²) in [6.45, 7) is 0. The molecule has 0 bridgehead atoms. The zero-order valence-corrected chi connectivity index (χ0v) is 10.3. The van der Waals surface area contributed by atoms with E-state index < -0.39 is 35.4 Å². The smallest absolute Gasteiger partial charge is 0.130 e. The molecule has 106 valence electrons. The summed E-state index contributed by atoms with van der Waals surface area (Å²) in [4.78, 5) is 0. The van der Waals surface area contributed by atoms with Crippen LogP contribution >= 0.6 is 0 Å². The van der Waals surface area contributed by atoms with Crippen LogP contribution in [0.4, 0.5) is 17.6 Å². The molecule has 0 aliphatic heterocycles. The summed E-state index contributed by atoms with van der Waals surface area (Å²) < 4.78 is 52.9. The summed E-state index contributed by atoms with van der Waals surface area (Å²) in [6.07, 6.45) is 0. The Hall–Kier alpha value is -1.92. The molecule has 0 saturated carbocycles. The third kappa shape index (κ3) is 2.81. The van der Waals surface area contributed by atoms with E-state index in [0.717, 1.165) is 24.3 Å². The van der Waals surface area contributed by atoms with Crippen molar-refractivity contribution in [1.82, 2.24) is 0 Å². The van der Waals surface area contributed by atoms with Gasteiger partial charge in [0.15, 0.2) is 0 Å². The second kappa shape index (κ2) is 5.60. The van der Waals surface area contributed by atoms with E-state index in [4.69, 9.17) is 11.5 Å². The van der Waals surface area contributed by atoms with Crippen molar-refractivity contribution in [2.75, 3.05) is 0 Å². The Morgan fingerprint density at radius 3 is 1.30 bits per heavy atom. The Labute approximate surface area is 113 Å². The molecule has 0 unspecified atom stereocenters. The van der Waals surface area contributed by atoms with E-state index in [2.05, 4.69) is 0 Å². The van der Waals surface area contributed by atoms with Crippen LogP contribution in [0.15, 0.2) is 36.4 Å². The number of hydrogen-bond acceptors (Lipinski definition) is 2. The highest BCUT2D eigenvalue weighted by Crippen LogP contribution is 2.28. The SMILES string of the molecule is N[C@@H](c1ccc(F)cc1F)[C@@H](N)c1ccc(F)cc1F. The van der Waals surface area contributed by atoms with Crippen LogP contribution in [-0.4, -0.2) is 0 Å². The fraction of sp³-hybridized carbons (Fsp3) is 0.143. The van der Waals surface area contributed by atoms with Gasteiger partial charge < -0.3 is 11.5 Å². The molecule has 0 amide bonds. The van der Waals surface area contributed by atoms with E-state index in [1.165, 1.54) is 0 Å². The fourth-order valence-corrected chi connectivity index (χ4v) is 1.93. The molecule has 6 heteroatoms. The first kappa shape index (κ1) is 14.5. The maximum absolute atomic E-state index is 13.6. The van der Waals surface area contributed by atoms with Crippen LogP contribution in [-0.2, 0) is 0 Å². The maximum Gasteiger partial charge on any atom is 0.130 e. The highest BCUT2D eigenvalue weighted by Gasteiger charge is 2.23. The predicted molar refractivity (Wildman–Crippen MR) is 66.6 cm³/mol. The van der Waals surface area contributed by atoms with Gasteiger partial charge in [0.2, 0.25) is 0 Å². The van der Waals surface area contributed by atoms with Crippen molar-refractivity contribution in [3.8, 4) is 0 Å². The van der Waals surface area contributed by atoms with E-state index in [1.54, 1.807) is 0 Å². The third-order valence-electron chi connectivity index (χ3n) is 3.03. The Morgan fingerprint density at radius 2 is 1.00 bits per heavy atom. The van der Waals surface area contributed by atoms with Gasteiger partial charge >= 0.3 is 0 Å². The molecule has 0 aliphatic rings. The van der Waals surface area contributed by atoms with Gasteiger partial charge in [0.25, 0.3) is 0 Å². The van der Waals surface area contributed by atoms with Gasteiger partial charge in [0.1, 0.15) is 23.3 Å². The summed E-state index contributed by atoms with van der Waals surface area (Å²) >= 11 is 0. The van der Waals surface area contributed by atoms with Crippen molar-refractivity contribution in [2.24, 2.45) is 11.5 Å². The standard InChI is InChI=1S/C14H12F4N2/c15-7-1-3-9(11(17)5-7)13(19)14(20)10-4-2-8(16)6-12(10)18/h1-6,13-14H,19-20H2/t13-,14-/m0/s1. The summed E-state index contributed by atoms with van der Waals surface area (Å²) in [5, 5.41) is 0. The lowest BCUT2D eigenvalue weighted by Gasteiger charge is -2.21. The van der Waals surface area contributed by atoms with Crippen LogP contribution in [0.25, 0.3) is 0 Å². The maximum atomic E-state index is 13.6. The second-order valence-corrected chi connectivity index (χ2v) is 4.38. The van der Waals surface area contributed by atoms with Gasteiger partial charge in [-0.25, -0.2) is 17.6 Å². The Bertz CT molecular complexity index is 575. The molecule has 0 heterocycles. The molecule has 2 nitrogen and oxygen atoms in total. The van der Waals surface area contributed by atoms with Crippen molar-refractivity contribution in [3.63, 3.8) is 0 Å². The molecule has 0 aromatic heterocycles. The zero-order valence-electron chi connectivity index (χ0n) is 10.3. The van der Waals surface area contributed by atoms with Crippen LogP contribution in [0.5, 0.6) is 0 Å². The number of hydrogen-bond donors (Lipinski definition) is 2. The minimum absolute atomic E-state index is 0.0392. The highest BCUT2D eigenvalue weighted by molar-refractivity contribution is 5.29. The lowest BCUT2D eigenvalue weighted by atomic mass is 9.94. The first-order chi connectivity index (χ1) is 9.40. The van der Waals surface area contributed by atoms with E-state index in [9.17, 15) is 17.6 Å². The predicted octanol–water partition coefficient (Wildman–Crippen LogP) is 2.94. The normalized spacial score (nSPS) is 14.1. The number of halogens is 4. The lowest BCUT2D eigenvalue weighted by Crippen LogP contribution is -2.28. The van der Waals surface area contributed by atoms with Gasteiger partial charge in [-0.3, -0.25) is 0 Å². The van der Waals surface area contributed by atoms with E-state index in [0.29, 0.717) is 12.1 Å². The Balaban J connectivity index is 2.34. The van der Waals surface area contributed by atoms with Crippen molar-refractivity contribution >= 4 is 0 Å². The molecule has 0 spiro atoms. The fourth-order valence-electron chi connectivity index (χ4n) is 1.93. The van der Waals surface area contributed by atoms with E-state index >= 15 is 0 Å². The number of benzene rings is 2. The largest absolute Gasteiger partial charge is 0.322 e. The summed E-state index contributed by atoms with van der Waals surface area (Å²) in [7, 11) is 0. The first-order valence-corrected chi connectivity index (χ1v) is 5.81. The van der Waals surface area contributed by atoms with Crippen molar-refractivity contribution in [1.29, 1.82) is 0 Å². The zero-order chi connectivity index (χ0) is 14.9. The van der Waals surface area contributed by atoms with Crippen LogP contribution in [0.1, 0.15) is 23.2 Å². The molecule has 2 aromatic rings. The average molecular weight is 284 g/mol. The molecule has 20 heavy (non-hydrogen) atoms. The second-order valence-electron chi connectivity index (χ2n) is 4.38. The lowest BCUT2D eigenvalue weighted by molar-refractivity contribution is 0.492. The third-order valence-corrected chi connectivity index (χ3v) is 3.03. The van der Waals surface area contributed by atoms with Gasteiger partial charge in [-0.1, -0.05) is 12.1 Å². The molecule has 2 rings (SSSR count). The van der Waals surface area contributed by atoms with Crippen LogP contribution in [0.3, 0.4) is 0 Å². The van der Waals surface area contributed by atoms with Crippen LogP contribution in [0.2, 0.25) is 0 Å². The van der Waals surface area contributed by atoms with Gasteiger partial charge in [0.05, 0.1) is 12.1 Å². The first-order valence-electron chi connectivity index (χ1n) is 5.81. The van der Waals surface area contributed by atoms with Gasteiger partial charge in [-0.05, 0) is 12.1 Å². The average Bonchev–Trinajstić information content (AvgIpc) is 2.37. The summed E-state index contributed by atoms with van der Waals surface area (Å²) in [5.41, 5.74) is 11.5.